The summed E-state index contributed by atoms with van der Waals surface area (Å²) in [5.74, 6) is 0. The highest BCUT2D eigenvalue weighted by molar-refractivity contribution is 4.57. The summed E-state index contributed by atoms with van der Waals surface area (Å²) >= 11 is 0. The van der Waals surface area contributed by atoms with Crippen LogP contribution in [0, 0.1) is 6.92 Å². The van der Waals surface area contributed by atoms with Crippen LogP contribution in [-0.4, -0.2) is 6.04 Å². The summed E-state index contributed by atoms with van der Waals surface area (Å²) in [5.41, 5.74) is 5.41. The van der Waals surface area contributed by atoms with Crippen LogP contribution in [0.1, 0.15) is 19.8 Å². The summed E-state index contributed by atoms with van der Waals surface area (Å²) < 4.78 is 0. The van der Waals surface area contributed by atoms with Crippen molar-refractivity contribution in [3.05, 3.63) is 6.92 Å². The molecule has 0 aliphatic heterocycles. The van der Waals surface area contributed by atoms with Gasteiger partial charge in [-0.1, -0.05) is 13.8 Å². The lowest BCUT2D eigenvalue weighted by atomic mass is 10.2. The SMILES string of the molecule is [CH2]CC(N)CC. The molecule has 0 heterocycles. The number of hydrogen-bond acceptors (Lipinski definition) is 1. The van der Waals surface area contributed by atoms with Crippen molar-refractivity contribution in [2.24, 2.45) is 5.73 Å². The standard InChI is InChI=1S/C5H12N/c1-3-5(6)4-2/h5H,1,3-4,6H2,2H3. The monoisotopic (exact) mass is 86.1 g/mol. The Balaban J connectivity index is 2.75. The van der Waals surface area contributed by atoms with Gasteiger partial charge in [0.2, 0.25) is 0 Å². The van der Waals surface area contributed by atoms with Gasteiger partial charge in [0, 0.05) is 6.04 Å². The Labute approximate surface area is 39.5 Å². The molecule has 0 saturated carbocycles. The van der Waals surface area contributed by atoms with E-state index in [1.54, 1.807) is 0 Å². The predicted molar refractivity (Wildman–Crippen MR) is 28.2 cm³/mol. The zero-order valence-electron chi connectivity index (χ0n) is 4.28. The zero-order chi connectivity index (χ0) is 4.99. The molecule has 0 rings (SSSR count). The van der Waals surface area contributed by atoms with E-state index < -0.39 is 0 Å². The molecule has 1 heteroatoms. The van der Waals surface area contributed by atoms with Crippen LogP contribution in [0.3, 0.4) is 0 Å². The lowest BCUT2D eigenvalue weighted by Crippen LogP contribution is -2.16. The van der Waals surface area contributed by atoms with Crippen molar-refractivity contribution >= 4 is 0 Å². The van der Waals surface area contributed by atoms with Crippen LogP contribution >= 0.6 is 0 Å². The highest BCUT2D eigenvalue weighted by Gasteiger charge is 1.88. The summed E-state index contributed by atoms with van der Waals surface area (Å²) in [6.45, 7) is 5.70. The summed E-state index contributed by atoms with van der Waals surface area (Å²) in [4.78, 5) is 0. The van der Waals surface area contributed by atoms with Crippen LogP contribution in [0.4, 0.5) is 0 Å². The van der Waals surface area contributed by atoms with Gasteiger partial charge >= 0.3 is 0 Å². The molecule has 0 amide bonds. The van der Waals surface area contributed by atoms with Crippen molar-refractivity contribution in [3.8, 4) is 0 Å². The van der Waals surface area contributed by atoms with Crippen LogP contribution in [0.5, 0.6) is 0 Å². The molecule has 0 aromatic carbocycles. The zero-order valence-corrected chi connectivity index (χ0v) is 4.28. The van der Waals surface area contributed by atoms with Gasteiger partial charge in [-0.05, 0) is 12.8 Å². The minimum absolute atomic E-state index is 0.324. The van der Waals surface area contributed by atoms with Gasteiger partial charge in [0.15, 0.2) is 0 Å². The molecule has 0 aromatic heterocycles. The van der Waals surface area contributed by atoms with Gasteiger partial charge < -0.3 is 5.73 Å². The van der Waals surface area contributed by atoms with E-state index in [-0.39, 0.29) is 0 Å². The lowest BCUT2D eigenvalue weighted by molar-refractivity contribution is 0.658. The number of hydrogen-bond donors (Lipinski definition) is 1. The second kappa shape index (κ2) is 3.16. The molecule has 0 aliphatic carbocycles. The molecule has 0 bridgehead atoms. The normalized spacial score (nSPS) is 10.0. The van der Waals surface area contributed by atoms with E-state index >= 15 is 0 Å². The summed E-state index contributed by atoms with van der Waals surface area (Å²) in [7, 11) is 0. The van der Waals surface area contributed by atoms with E-state index in [4.69, 9.17) is 5.73 Å². The van der Waals surface area contributed by atoms with Crippen LogP contribution < -0.4 is 5.73 Å². The van der Waals surface area contributed by atoms with Gasteiger partial charge in [0.1, 0.15) is 0 Å². The molecule has 0 aliphatic rings. The van der Waals surface area contributed by atoms with Gasteiger partial charge in [-0.2, -0.15) is 0 Å². The fourth-order valence-corrected chi connectivity index (χ4v) is 0.204. The Morgan fingerprint density at radius 1 is 1.83 bits per heavy atom. The molecule has 1 nitrogen and oxygen atoms in total. The molecular formula is C5H12N. The topological polar surface area (TPSA) is 26.0 Å². The molecule has 1 unspecified atom stereocenters. The van der Waals surface area contributed by atoms with Gasteiger partial charge in [-0.25, -0.2) is 0 Å². The third-order valence-electron chi connectivity index (χ3n) is 0.895. The van der Waals surface area contributed by atoms with Gasteiger partial charge in [0.25, 0.3) is 0 Å². The highest BCUT2D eigenvalue weighted by atomic mass is 14.6. The van der Waals surface area contributed by atoms with E-state index in [2.05, 4.69) is 13.8 Å². The largest absolute Gasteiger partial charge is 0.328 e. The summed E-state index contributed by atoms with van der Waals surface area (Å²) in [6.07, 6.45) is 1.90. The van der Waals surface area contributed by atoms with Crippen molar-refractivity contribution in [2.45, 2.75) is 25.8 Å². The first-order valence-electron chi connectivity index (χ1n) is 2.36. The minimum atomic E-state index is 0.324. The van der Waals surface area contributed by atoms with Crippen molar-refractivity contribution in [1.29, 1.82) is 0 Å². The van der Waals surface area contributed by atoms with Gasteiger partial charge in [0.05, 0.1) is 0 Å². The van der Waals surface area contributed by atoms with Gasteiger partial charge in [-0.15, -0.1) is 0 Å². The summed E-state index contributed by atoms with van der Waals surface area (Å²) in [6, 6.07) is 0.324. The minimum Gasteiger partial charge on any atom is -0.328 e. The van der Waals surface area contributed by atoms with Crippen molar-refractivity contribution in [1.82, 2.24) is 0 Å². The lowest BCUT2D eigenvalue weighted by Gasteiger charge is -1.99. The van der Waals surface area contributed by atoms with Crippen molar-refractivity contribution < 1.29 is 0 Å². The third kappa shape index (κ3) is 2.21. The second-order valence-electron chi connectivity index (χ2n) is 1.46. The van der Waals surface area contributed by atoms with Crippen LogP contribution in [0.25, 0.3) is 0 Å². The Morgan fingerprint density at radius 2 is 2.33 bits per heavy atom. The first-order chi connectivity index (χ1) is 2.81. The molecule has 6 heavy (non-hydrogen) atoms. The Hall–Kier alpha value is -0.0400. The second-order valence-corrected chi connectivity index (χ2v) is 1.46. The molecule has 2 N–H and O–H groups in total. The number of nitrogens with two attached hydrogens (primary N) is 1. The molecular weight excluding hydrogens is 74.1 g/mol. The van der Waals surface area contributed by atoms with E-state index in [1.807, 2.05) is 0 Å². The molecule has 0 spiro atoms. The van der Waals surface area contributed by atoms with E-state index in [9.17, 15) is 0 Å². The maximum Gasteiger partial charge on any atom is 0.00362 e. The molecule has 1 atom stereocenters. The maximum atomic E-state index is 5.41. The quantitative estimate of drug-likeness (QED) is 0.532. The first kappa shape index (κ1) is 5.96. The fraction of sp³-hybridized carbons (Fsp3) is 0.800. The molecule has 0 aromatic rings. The Bertz CT molecular complexity index is 23.1. The fourth-order valence-electron chi connectivity index (χ4n) is 0.204. The summed E-state index contributed by atoms with van der Waals surface area (Å²) in [5, 5.41) is 0. The molecule has 0 fully saturated rings. The average molecular weight is 86.2 g/mol. The van der Waals surface area contributed by atoms with E-state index in [1.165, 1.54) is 0 Å². The predicted octanol–water partition coefficient (Wildman–Crippen LogP) is 0.948. The Kier molecular flexibility index (Phi) is 3.14. The van der Waals surface area contributed by atoms with Crippen LogP contribution in [-0.2, 0) is 0 Å². The van der Waals surface area contributed by atoms with Gasteiger partial charge in [-0.3, -0.25) is 0 Å². The molecule has 1 radical (unpaired) electrons. The first-order valence-corrected chi connectivity index (χ1v) is 2.36. The van der Waals surface area contributed by atoms with E-state index in [0.717, 1.165) is 12.8 Å². The highest BCUT2D eigenvalue weighted by Crippen LogP contribution is 1.87. The maximum absolute atomic E-state index is 5.41. The van der Waals surface area contributed by atoms with E-state index in [0.29, 0.717) is 6.04 Å². The molecule has 37 valence electrons. The van der Waals surface area contributed by atoms with Crippen molar-refractivity contribution in [3.63, 3.8) is 0 Å². The van der Waals surface area contributed by atoms with Crippen molar-refractivity contribution in [2.75, 3.05) is 0 Å². The third-order valence-corrected chi connectivity index (χ3v) is 0.895. The average Bonchev–Trinajstić information content (AvgIpc) is 1.65. The molecule has 0 saturated heterocycles. The Morgan fingerprint density at radius 3 is 2.33 bits per heavy atom. The smallest absolute Gasteiger partial charge is 0.00362 e. The van der Waals surface area contributed by atoms with Crippen LogP contribution in [0.15, 0.2) is 0 Å². The number of rotatable bonds is 2. The van der Waals surface area contributed by atoms with Crippen LogP contribution in [0.2, 0.25) is 0 Å².